The normalized spacial score (nSPS) is 54.6. The van der Waals surface area contributed by atoms with E-state index in [2.05, 4.69) is 29.8 Å². The van der Waals surface area contributed by atoms with Gasteiger partial charge in [0.2, 0.25) is 0 Å². The van der Waals surface area contributed by atoms with Gasteiger partial charge in [-0.2, -0.15) is 0 Å². The van der Waals surface area contributed by atoms with Crippen LogP contribution < -0.4 is 0 Å². The third-order valence-corrected chi connectivity index (χ3v) is 9.02. The van der Waals surface area contributed by atoms with Crippen molar-refractivity contribution in [1.82, 2.24) is 0 Å². The van der Waals surface area contributed by atoms with Gasteiger partial charge in [0.15, 0.2) is 0 Å². The zero-order chi connectivity index (χ0) is 15.7. The molecule has 2 nitrogen and oxygen atoms in total. The molecule has 22 heavy (non-hydrogen) atoms. The number of carbonyl (C=O) groups is 2. The first kappa shape index (κ1) is 15.4. The number of fused-ring (bicyclic) bond motifs is 5. The van der Waals surface area contributed by atoms with E-state index in [-0.39, 0.29) is 10.2 Å². The highest BCUT2D eigenvalue weighted by molar-refractivity contribution is 9.10. The van der Waals surface area contributed by atoms with Gasteiger partial charge in [0, 0.05) is 18.3 Å². The standard InChI is InChI=1S/C19H27BrO2/c1-18-8-7-14-12(13(18)5-6-17(18)22)4-3-11-9-16(21)15(20)10-19(11,14)2/h11-15H,3-10H2,1-2H3/t11-,12+,13+,14+,15+,18+,19+/m1/s1. The fraction of sp³-hybridized carbons (Fsp3) is 0.895. The summed E-state index contributed by atoms with van der Waals surface area (Å²) in [4.78, 5) is 24.6. The molecule has 0 unspecified atom stereocenters. The van der Waals surface area contributed by atoms with Gasteiger partial charge in [0.1, 0.15) is 11.6 Å². The molecular weight excluding hydrogens is 340 g/mol. The fourth-order valence-electron chi connectivity index (χ4n) is 6.83. The van der Waals surface area contributed by atoms with Crippen LogP contribution in [0, 0.1) is 34.5 Å². The molecule has 0 N–H and O–H groups in total. The maximum Gasteiger partial charge on any atom is 0.146 e. The number of alkyl halides is 1. The van der Waals surface area contributed by atoms with Crippen molar-refractivity contribution in [3.63, 3.8) is 0 Å². The summed E-state index contributed by atoms with van der Waals surface area (Å²) < 4.78 is 0. The van der Waals surface area contributed by atoms with Crippen LogP contribution in [-0.2, 0) is 9.59 Å². The van der Waals surface area contributed by atoms with Crippen molar-refractivity contribution in [3.05, 3.63) is 0 Å². The first-order valence-corrected chi connectivity index (χ1v) is 9.98. The van der Waals surface area contributed by atoms with Crippen LogP contribution in [0.2, 0.25) is 0 Å². The Morgan fingerprint density at radius 1 is 1.05 bits per heavy atom. The lowest BCUT2D eigenvalue weighted by molar-refractivity contribution is -0.143. The molecule has 0 saturated heterocycles. The summed E-state index contributed by atoms with van der Waals surface area (Å²) in [6.45, 7) is 4.70. The number of rotatable bonds is 0. The summed E-state index contributed by atoms with van der Waals surface area (Å²) in [5.41, 5.74) is 0.278. The van der Waals surface area contributed by atoms with Crippen LogP contribution in [0.3, 0.4) is 0 Å². The molecule has 0 aliphatic heterocycles. The second-order valence-corrected chi connectivity index (χ2v) is 10.0. The summed E-state index contributed by atoms with van der Waals surface area (Å²) in [5.74, 6) is 3.58. The van der Waals surface area contributed by atoms with Crippen LogP contribution in [-0.4, -0.2) is 16.4 Å². The van der Waals surface area contributed by atoms with Gasteiger partial charge in [-0.1, -0.05) is 29.8 Å². The molecular formula is C19H27BrO2. The van der Waals surface area contributed by atoms with Crippen LogP contribution >= 0.6 is 15.9 Å². The van der Waals surface area contributed by atoms with Crippen molar-refractivity contribution >= 4 is 27.5 Å². The average Bonchev–Trinajstić information content (AvgIpc) is 2.77. The molecule has 0 amide bonds. The molecule has 0 aromatic rings. The quantitative estimate of drug-likeness (QED) is 0.589. The molecule has 0 bridgehead atoms. The molecule has 4 aliphatic rings. The van der Waals surface area contributed by atoms with E-state index < -0.39 is 0 Å². The van der Waals surface area contributed by atoms with Crippen molar-refractivity contribution < 1.29 is 9.59 Å². The van der Waals surface area contributed by atoms with E-state index in [4.69, 9.17) is 0 Å². The van der Waals surface area contributed by atoms with E-state index in [0.29, 0.717) is 28.8 Å². The van der Waals surface area contributed by atoms with E-state index in [9.17, 15) is 9.59 Å². The summed E-state index contributed by atoms with van der Waals surface area (Å²) >= 11 is 3.64. The third-order valence-electron chi connectivity index (χ3n) is 8.19. The number of ketones is 2. The third kappa shape index (κ3) is 1.90. The van der Waals surface area contributed by atoms with Gasteiger partial charge < -0.3 is 0 Å². The highest BCUT2D eigenvalue weighted by Gasteiger charge is 2.60. The van der Waals surface area contributed by atoms with Crippen molar-refractivity contribution in [2.45, 2.75) is 70.0 Å². The largest absolute Gasteiger partial charge is 0.299 e. The van der Waals surface area contributed by atoms with Gasteiger partial charge in [-0.15, -0.1) is 0 Å². The van der Waals surface area contributed by atoms with Crippen LogP contribution in [0.15, 0.2) is 0 Å². The van der Waals surface area contributed by atoms with Gasteiger partial charge in [-0.3, -0.25) is 9.59 Å². The van der Waals surface area contributed by atoms with E-state index in [1.54, 1.807) is 0 Å². The van der Waals surface area contributed by atoms with E-state index in [0.717, 1.165) is 43.9 Å². The molecule has 122 valence electrons. The maximum atomic E-state index is 12.4. The molecule has 4 saturated carbocycles. The number of carbonyl (C=O) groups excluding carboxylic acids is 2. The Labute approximate surface area is 141 Å². The summed E-state index contributed by atoms with van der Waals surface area (Å²) in [7, 11) is 0. The summed E-state index contributed by atoms with van der Waals surface area (Å²) in [6.07, 6.45) is 8.44. The van der Waals surface area contributed by atoms with E-state index in [1.807, 2.05) is 0 Å². The number of halogens is 1. The Balaban J connectivity index is 1.66. The van der Waals surface area contributed by atoms with Crippen molar-refractivity contribution in [2.75, 3.05) is 0 Å². The first-order valence-electron chi connectivity index (χ1n) is 9.06. The molecule has 0 aromatic carbocycles. The van der Waals surface area contributed by atoms with Crippen molar-refractivity contribution in [1.29, 1.82) is 0 Å². The Bertz CT molecular complexity index is 530. The van der Waals surface area contributed by atoms with E-state index >= 15 is 0 Å². The zero-order valence-electron chi connectivity index (χ0n) is 13.7. The van der Waals surface area contributed by atoms with Gasteiger partial charge in [-0.25, -0.2) is 0 Å². The molecule has 4 fully saturated rings. The highest BCUT2D eigenvalue weighted by Crippen LogP contribution is 2.65. The van der Waals surface area contributed by atoms with Crippen LogP contribution in [0.4, 0.5) is 0 Å². The lowest BCUT2D eigenvalue weighted by Crippen LogP contribution is -2.55. The summed E-state index contributed by atoms with van der Waals surface area (Å²) in [6, 6.07) is 0. The van der Waals surface area contributed by atoms with Gasteiger partial charge in [0.05, 0.1) is 4.83 Å². The Hall–Kier alpha value is -0.180. The minimum Gasteiger partial charge on any atom is -0.299 e. The zero-order valence-corrected chi connectivity index (χ0v) is 15.3. The molecule has 0 radical (unpaired) electrons. The Morgan fingerprint density at radius 3 is 2.59 bits per heavy atom. The fourth-order valence-corrected chi connectivity index (χ4v) is 7.71. The molecule has 7 atom stereocenters. The topological polar surface area (TPSA) is 34.1 Å². The highest BCUT2D eigenvalue weighted by atomic mass is 79.9. The molecule has 0 spiro atoms. The number of hydrogen-bond donors (Lipinski definition) is 0. The number of Topliss-reactive ketones (excluding diaryl/α,β-unsaturated/α-hetero) is 2. The van der Waals surface area contributed by atoms with Crippen molar-refractivity contribution in [3.8, 4) is 0 Å². The SMILES string of the molecule is C[C@]12C[C@H](Br)C(=O)C[C@H]1CC[C@@H]1[C@@H]2CC[C@]2(C)C(=O)CC[C@@H]12. The number of hydrogen-bond acceptors (Lipinski definition) is 2. The maximum absolute atomic E-state index is 12.4. The second-order valence-electron chi connectivity index (χ2n) is 8.92. The van der Waals surface area contributed by atoms with Crippen LogP contribution in [0.25, 0.3) is 0 Å². The lowest BCUT2D eigenvalue weighted by Gasteiger charge is -2.59. The van der Waals surface area contributed by atoms with Gasteiger partial charge in [-0.05, 0) is 67.6 Å². The second kappa shape index (κ2) is 4.91. The lowest BCUT2D eigenvalue weighted by atomic mass is 9.45. The Morgan fingerprint density at radius 2 is 1.82 bits per heavy atom. The molecule has 4 rings (SSSR count). The minimum absolute atomic E-state index is 0.0251. The monoisotopic (exact) mass is 366 g/mol. The Kier molecular flexibility index (Phi) is 3.43. The van der Waals surface area contributed by atoms with E-state index in [1.165, 1.54) is 19.3 Å². The smallest absolute Gasteiger partial charge is 0.146 e. The van der Waals surface area contributed by atoms with Crippen LogP contribution in [0.5, 0.6) is 0 Å². The molecule has 0 aromatic heterocycles. The molecule has 3 heteroatoms. The first-order chi connectivity index (χ1) is 10.4. The predicted octanol–water partition coefficient (Wildman–Crippen LogP) is 4.54. The summed E-state index contributed by atoms with van der Waals surface area (Å²) in [5, 5.41) is 0. The van der Waals surface area contributed by atoms with Gasteiger partial charge in [0.25, 0.3) is 0 Å². The average molecular weight is 367 g/mol. The van der Waals surface area contributed by atoms with Gasteiger partial charge >= 0.3 is 0 Å². The molecule has 4 aliphatic carbocycles. The van der Waals surface area contributed by atoms with Crippen LogP contribution in [0.1, 0.15) is 65.2 Å². The minimum atomic E-state index is -0.0251. The predicted molar refractivity (Wildman–Crippen MR) is 89.8 cm³/mol. The molecule has 0 heterocycles. The van der Waals surface area contributed by atoms with Crippen molar-refractivity contribution in [2.24, 2.45) is 34.5 Å².